The van der Waals surface area contributed by atoms with Crippen LogP contribution in [-0.4, -0.2) is 53.5 Å². The molecule has 3 heterocycles. The number of nitrogens with zero attached hydrogens (tertiary/aromatic N) is 7. The molecular formula is C44H27N9O5. The van der Waals surface area contributed by atoms with Crippen LogP contribution in [-0.2, 0) is 0 Å². The summed E-state index contributed by atoms with van der Waals surface area (Å²) >= 11 is 0. The fourth-order valence-electron chi connectivity index (χ4n) is 7.13. The zero-order valence-corrected chi connectivity index (χ0v) is 30.0. The number of para-hydroxylation sites is 4. The standard InChI is InChI=1S/C44H27N9O5/c45-38-28(24-12-16-26(17-13-24)43-47-30-6-1-3-10-36(30)56-43)20-22-34(41(38)50-55)53(33-9-5-8-32(49-54)39(33)46)35-23-21-29(40-42(35)52-58-51-40)25-14-18-27(19-15-25)44-48-31-7-2-4-11-37(31)57-44/h1-23,45-46,54-55H/b45-38?,46-39?,49-32-,50-41-. The van der Waals surface area contributed by atoms with Crippen molar-refractivity contribution in [2.24, 2.45) is 10.3 Å². The molecule has 0 unspecified atom stereocenters. The van der Waals surface area contributed by atoms with Gasteiger partial charge >= 0.3 is 0 Å². The first-order valence-corrected chi connectivity index (χ1v) is 17.9. The molecule has 4 N–H and O–H groups in total. The normalized spacial score (nSPS) is 15.8. The maximum atomic E-state index is 10.6. The number of hydrogen-bond donors (Lipinski definition) is 4. The quantitative estimate of drug-likeness (QED) is 0.0687. The third-order valence-electron chi connectivity index (χ3n) is 9.98. The number of anilines is 1. The highest BCUT2D eigenvalue weighted by molar-refractivity contribution is 6.63. The molecule has 58 heavy (non-hydrogen) atoms. The van der Waals surface area contributed by atoms with E-state index < -0.39 is 0 Å². The zero-order chi connectivity index (χ0) is 39.3. The molecule has 2 aliphatic carbocycles. The summed E-state index contributed by atoms with van der Waals surface area (Å²) in [6, 6.07) is 33.8. The van der Waals surface area contributed by atoms with E-state index in [1.165, 1.54) is 6.08 Å². The lowest BCUT2D eigenvalue weighted by Gasteiger charge is -2.32. The summed E-state index contributed by atoms with van der Waals surface area (Å²) in [7, 11) is 0. The Balaban J connectivity index is 1.04. The lowest BCUT2D eigenvalue weighted by atomic mass is 9.90. The van der Waals surface area contributed by atoms with Crippen molar-refractivity contribution < 1.29 is 23.9 Å². The van der Waals surface area contributed by atoms with Crippen LogP contribution in [0.1, 0.15) is 5.56 Å². The van der Waals surface area contributed by atoms with Gasteiger partial charge in [0.2, 0.25) is 11.8 Å². The van der Waals surface area contributed by atoms with E-state index >= 15 is 0 Å². The molecule has 8 aromatic rings. The van der Waals surface area contributed by atoms with Gasteiger partial charge in [-0.15, -0.1) is 0 Å². The van der Waals surface area contributed by atoms with Crippen molar-refractivity contribution in [2.45, 2.75) is 0 Å². The molecule has 0 saturated carbocycles. The molecule has 0 amide bonds. The summed E-state index contributed by atoms with van der Waals surface area (Å²) in [6.07, 6.45) is 8.20. The van der Waals surface area contributed by atoms with Crippen LogP contribution in [0.2, 0.25) is 0 Å². The van der Waals surface area contributed by atoms with E-state index in [1.54, 1.807) is 35.3 Å². The van der Waals surface area contributed by atoms with Gasteiger partial charge in [0.25, 0.3) is 0 Å². The number of aromatic nitrogens is 4. The van der Waals surface area contributed by atoms with Gasteiger partial charge in [-0.25, -0.2) is 14.6 Å². The number of fused-ring (bicyclic) bond motifs is 3. The summed E-state index contributed by atoms with van der Waals surface area (Å²) in [4.78, 5) is 10.8. The molecule has 3 aromatic heterocycles. The molecule has 10 rings (SSSR count). The first-order chi connectivity index (χ1) is 28.5. The van der Waals surface area contributed by atoms with Gasteiger partial charge < -0.3 is 24.1 Å². The molecule has 0 fully saturated rings. The third kappa shape index (κ3) is 5.59. The summed E-state index contributed by atoms with van der Waals surface area (Å²) in [5.41, 5.74) is 8.43. The first-order valence-electron chi connectivity index (χ1n) is 17.9. The van der Waals surface area contributed by atoms with E-state index in [0.29, 0.717) is 56.4 Å². The number of nitrogens with one attached hydrogen (secondary N) is 2. The predicted octanol–water partition coefficient (Wildman–Crippen LogP) is 9.45. The Kier molecular flexibility index (Phi) is 8.00. The second kappa shape index (κ2) is 13.6. The molecule has 0 bridgehead atoms. The Morgan fingerprint density at radius 3 is 1.79 bits per heavy atom. The maximum absolute atomic E-state index is 10.6. The van der Waals surface area contributed by atoms with Gasteiger partial charge in [-0.05, 0) is 106 Å². The number of rotatable bonds is 7. The lowest BCUT2D eigenvalue weighted by molar-refractivity contribution is 0.315. The van der Waals surface area contributed by atoms with Gasteiger partial charge in [0.05, 0.1) is 22.8 Å². The predicted molar refractivity (Wildman–Crippen MR) is 219 cm³/mol. The Labute approximate surface area is 327 Å². The summed E-state index contributed by atoms with van der Waals surface area (Å²) < 4.78 is 17.2. The molecule has 14 nitrogen and oxygen atoms in total. The van der Waals surface area contributed by atoms with Crippen molar-refractivity contribution in [3.05, 3.63) is 157 Å². The van der Waals surface area contributed by atoms with Crippen molar-refractivity contribution >= 4 is 67.3 Å². The fourth-order valence-corrected chi connectivity index (χ4v) is 7.13. The minimum absolute atomic E-state index is 0.00286. The minimum Gasteiger partial charge on any atom is -0.436 e. The maximum Gasteiger partial charge on any atom is 0.227 e. The van der Waals surface area contributed by atoms with E-state index in [2.05, 4.69) is 30.6 Å². The van der Waals surface area contributed by atoms with Crippen LogP contribution >= 0.6 is 0 Å². The van der Waals surface area contributed by atoms with E-state index in [-0.39, 0.29) is 34.2 Å². The second-order valence-corrected chi connectivity index (χ2v) is 13.3. The molecule has 5 aromatic carbocycles. The molecule has 2 aliphatic rings. The SMILES string of the molecule is N=C1C(N(C2=CC=C(c3ccc(-c4nc5ccccc5o4)cc3)C(=N)/C2=N\O)c2ccc(-c3ccc(-c4nc5ccccc5o4)cc3)c3nonc23)=CC=C/C1=N/O. The Bertz CT molecular complexity index is 3110. The molecule has 0 atom stereocenters. The molecule has 0 radical (unpaired) electrons. The zero-order valence-electron chi connectivity index (χ0n) is 30.0. The number of allylic oxidation sites excluding steroid dienone is 8. The Hall–Kier alpha value is -8.52. The number of benzene rings is 5. The summed E-state index contributed by atoms with van der Waals surface area (Å²) in [5.74, 6) is 0.965. The van der Waals surface area contributed by atoms with Crippen molar-refractivity contribution in [1.29, 1.82) is 10.8 Å². The van der Waals surface area contributed by atoms with E-state index in [1.807, 2.05) is 103 Å². The van der Waals surface area contributed by atoms with E-state index in [0.717, 1.165) is 27.7 Å². The number of hydrogen-bond acceptors (Lipinski definition) is 14. The second-order valence-electron chi connectivity index (χ2n) is 13.3. The average Bonchev–Trinajstić information content (AvgIpc) is 4.04. The van der Waals surface area contributed by atoms with Gasteiger partial charge in [-0.1, -0.05) is 64.9 Å². The third-order valence-corrected chi connectivity index (χ3v) is 9.98. The van der Waals surface area contributed by atoms with Gasteiger partial charge in [-0.3, -0.25) is 10.8 Å². The number of oxime groups is 2. The highest BCUT2D eigenvalue weighted by atomic mass is 16.6. The van der Waals surface area contributed by atoms with Crippen LogP contribution in [0, 0.1) is 10.8 Å². The number of oxazole rings is 2. The average molecular weight is 762 g/mol. The largest absolute Gasteiger partial charge is 0.436 e. The van der Waals surface area contributed by atoms with Crippen molar-refractivity contribution in [3.63, 3.8) is 0 Å². The van der Waals surface area contributed by atoms with Crippen LogP contribution in [0.3, 0.4) is 0 Å². The monoisotopic (exact) mass is 761 g/mol. The van der Waals surface area contributed by atoms with Gasteiger partial charge in [0.15, 0.2) is 22.4 Å². The van der Waals surface area contributed by atoms with Crippen molar-refractivity contribution in [3.8, 4) is 34.0 Å². The van der Waals surface area contributed by atoms with Crippen molar-refractivity contribution in [1.82, 2.24) is 20.3 Å². The summed E-state index contributed by atoms with van der Waals surface area (Å²) in [6.45, 7) is 0. The van der Waals surface area contributed by atoms with Crippen LogP contribution in [0.4, 0.5) is 5.69 Å². The van der Waals surface area contributed by atoms with Gasteiger partial charge in [0, 0.05) is 22.3 Å². The molecule has 0 saturated heterocycles. The van der Waals surface area contributed by atoms with Crippen LogP contribution in [0.25, 0.3) is 72.8 Å². The summed E-state index contributed by atoms with van der Waals surface area (Å²) in [5, 5.41) is 54.1. The molecular weight excluding hydrogens is 735 g/mol. The minimum atomic E-state index is -0.136. The molecule has 0 aliphatic heterocycles. The highest BCUT2D eigenvalue weighted by Crippen LogP contribution is 2.39. The van der Waals surface area contributed by atoms with Crippen molar-refractivity contribution in [2.75, 3.05) is 4.90 Å². The lowest BCUT2D eigenvalue weighted by Crippen LogP contribution is -2.37. The van der Waals surface area contributed by atoms with Crippen LogP contribution < -0.4 is 4.90 Å². The molecule has 14 heteroatoms. The molecule has 278 valence electrons. The first kappa shape index (κ1) is 34.0. The van der Waals surface area contributed by atoms with E-state index in [9.17, 15) is 15.8 Å². The fraction of sp³-hybridized carbons (Fsp3) is 0. The Morgan fingerprint density at radius 2 is 1.17 bits per heavy atom. The van der Waals surface area contributed by atoms with Gasteiger partial charge in [0.1, 0.15) is 28.0 Å². The van der Waals surface area contributed by atoms with Gasteiger partial charge in [-0.2, -0.15) is 0 Å². The topological polar surface area (TPSA) is 207 Å². The smallest absolute Gasteiger partial charge is 0.227 e. The Morgan fingerprint density at radius 1 is 0.569 bits per heavy atom. The van der Waals surface area contributed by atoms with Crippen LogP contribution in [0.5, 0.6) is 0 Å². The van der Waals surface area contributed by atoms with Crippen LogP contribution in [0.15, 0.2) is 175 Å². The highest BCUT2D eigenvalue weighted by Gasteiger charge is 2.34. The molecule has 0 spiro atoms. The van der Waals surface area contributed by atoms with E-state index in [4.69, 9.17) is 18.9 Å².